The lowest BCUT2D eigenvalue weighted by Gasteiger charge is -2.04. The maximum absolute atomic E-state index is 4.57. The third kappa shape index (κ3) is 2.07. The van der Waals surface area contributed by atoms with Gasteiger partial charge < -0.3 is 0 Å². The van der Waals surface area contributed by atoms with Crippen LogP contribution in [0, 0.1) is 0 Å². The van der Waals surface area contributed by atoms with Crippen molar-refractivity contribution in [2.24, 2.45) is 0 Å². The minimum Gasteiger partial charge on any atom is -0.253 e. The van der Waals surface area contributed by atoms with E-state index >= 15 is 0 Å². The first-order valence-corrected chi connectivity index (χ1v) is 7.01. The van der Waals surface area contributed by atoms with Gasteiger partial charge in [0.25, 0.3) is 0 Å². The fourth-order valence-corrected chi connectivity index (χ4v) is 2.26. The van der Waals surface area contributed by atoms with E-state index in [4.69, 9.17) is 0 Å². The first-order valence-electron chi connectivity index (χ1n) is 5.17. The van der Waals surface area contributed by atoms with Gasteiger partial charge in [0, 0.05) is 0 Å². The van der Waals surface area contributed by atoms with Crippen molar-refractivity contribution in [3.63, 3.8) is 0 Å². The van der Waals surface area contributed by atoms with E-state index in [1.54, 1.807) is 6.20 Å². The van der Waals surface area contributed by atoms with Crippen LogP contribution in [0.4, 0.5) is 0 Å². The molecule has 0 aliphatic heterocycles. The smallest absolute Gasteiger partial charge is 0.113 e. The zero-order valence-electron chi connectivity index (χ0n) is 8.77. The highest BCUT2D eigenvalue weighted by Gasteiger charge is 2.06. The molecule has 0 aliphatic carbocycles. The summed E-state index contributed by atoms with van der Waals surface area (Å²) in [5, 5.41) is 2.38. The number of benzene rings is 2. The van der Waals surface area contributed by atoms with Gasteiger partial charge in [-0.05, 0) is 22.9 Å². The van der Waals surface area contributed by atoms with Gasteiger partial charge >= 0.3 is 0 Å². The zero-order chi connectivity index (χ0) is 11.8. The monoisotopic (exact) mass is 350 g/mol. The summed E-state index contributed by atoms with van der Waals surface area (Å²) in [5.74, 6) is 0. The van der Waals surface area contributed by atoms with Gasteiger partial charge in [0.05, 0.1) is 22.9 Å². The molecule has 0 spiro atoms. The van der Waals surface area contributed by atoms with Crippen LogP contribution in [0.15, 0.2) is 42.6 Å². The Kier molecular flexibility index (Phi) is 2.84. The van der Waals surface area contributed by atoms with Crippen LogP contribution in [0.5, 0.6) is 0 Å². The largest absolute Gasteiger partial charge is 0.253 e. The first kappa shape index (κ1) is 11.1. The van der Waals surface area contributed by atoms with Crippen molar-refractivity contribution in [2.75, 3.05) is 0 Å². The van der Waals surface area contributed by atoms with Crippen molar-refractivity contribution in [1.82, 2.24) is 9.97 Å². The van der Waals surface area contributed by atoms with Gasteiger partial charge in [-0.1, -0.05) is 56.1 Å². The fraction of sp³-hybridized carbons (Fsp3) is 0.0769. The van der Waals surface area contributed by atoms with Gasteiger partial charge in [0.1, 0.15) is 3.74 Å². The second kappa shape index (κ2) is 4.35. The van der Waals surface area contributed by atoms with Crippen LogP contribution in [0.1, 0.15) is 9.43 Å². The van der Waals surface area contributed by atoms with E-state index in [0.29, 0.717) is 0 Å². The molecule has 1 heterocycles. The standard InChI is InChI=1S/C13H8Br2N2/c14-13(15)12-7-16-10-5-8-3-1-2-4-9(8)6-11(10)17-12/h1-7,13H. The molecule has 84 valence electrons. The SMILES string of the molecule is BrC(Br)c1cnc2cc3ccccc3cc2n1. The quantitative estimate of drug-likeness (QED) is 0.474. The van der Waals surface area contributed by atoms with Crippen molar-refractivity contribution in [3.05, 3.63) is 48.3 Å². The Morgan fingerprint density at radius 2 is 1.59 bits per heavy atom. The Morgan fingerprint density at radius 3 is 2.24 bits per heavy atom. The van der Waals surface area contributed by atoms with E-state index in [-0.39, 0.29) is 3.74 Å². The topological polar surface area (TPSA) is 25.8 Å². The van der Waals surface area contributed by atoms with Crippen molar-refractivity contribution in [2.45, 2.75) is 3.74 Å². The second-order valence-electron chi connectivity index (χ2n) is 3.78. The third-order valence-corrected chi connectivity index (χ3v) is 3.59. The predicted molar refractivity (Wildman–Crippen MR) is 77.6 cm³/mol. The Morgan fingerprint density at radius 1 is 0.941 bits per heavy atom. The van der Waals surface area contributed by atoms with Crippen molar-refractivity contribution in [3.8, 4) is 0 Å². The molecule has 2 aromatic carbocycles. The van der Waals surface area contributed by atoms with Crippen LogP contribution >= 0.6 is 31.9 Å². The summed E-state index contributed by atoms with van der Waals surface area (Å²) in [6.07, 6.45) is 1.78. The molecule has 2 nitrogen and oxygen atoms in total. The highest BCUT2D eigenvalue weighted by molar-refractivity contribution is 9.24. The number of alkyl halides is 2. The van der Waals surface area contributed by atoms with Gasteiger partial charge in [-0.15, -0.1) is 0 Å². The van der Waals surface area contributed by atoms with E-state index in [0.717, 1.165) is 16.7 Å². The van der Waals surface area contributed by atoms with Gasteiger partial charge in [0.15, 0.2) is 0 Å². The summed E-state index contributed by atoms with van der Waals surface area (Å²) >= 11 is 6.86. The number of aromatic nitrogens is 2. The fourth-order valence-electron chi connectivity index (χ4n) is 1.82. The maximum Gasteiger partial charge on any atom is 0.113 e. The van der Waals surface area contributed by atoms with E-state index in [1.807, 2.05) is 12.1 Å². The minimum atomic E-state index is 0.0402. The van der Waals surface area contributed by atoms with Gasteiger partial charge in [-0.25, -0.2) is 4.98 Å². The molecule has 0 saturated heterocycles. The average molecular weight is 352 g/mol. The normalized spacial score (nSPS) is 11.5. The van der Waals surface area contributed by atoms with Gasteiger partial charge in [-0.2, -0.15) is 0 Å². The Hall–Kier alpha value is -1.00. The Bertz CT molecular complexity index is 695. The lowest BCUT2D eigenvalue weighted by atomic mass is 10.1. The summed E-state index contributed by atoms with van der Waals surface area (Å²) in [6.45, 7) is 0. The van der Waals surface area contributed by atoms with Crippen LogP contribution in [0.2, 0.25) is 0 Å². The summed E-state index contributed by atoms with van der Waals surface area (Å²) < 4.78 is 0.0402. The number of nitrogens with zero attached hydrogens (tertiary/aromatic N) is 2. The summed E-state index contributed by atoms with van der Waals surface area (Å²) in [6, 6.07) is 12.4. The number of rotatable bonds is 1. The van der Waals surface area contributed by atoms with E-state index < -0.39 is 0 Å². The molecule has 4 heteroatoms. The summed E-state index contributed by atoms with van der Waals surface area (Å²) in [4.78, 5) is 9.00. The molecule has 1 aromatic heterocycles. The molecular weight excluding hydrogens is 344 g/mol. The van der Waals surface area contributed by atoms with Crippen molar-refractivity contribution >= 4 is 53.7 Å². The van der Waals surface area contributed by atoms with E-state index in [9.17, 15) is 0 Å². The number of fused-ring (bicyclic) bond motifs is 2. The Labute approximate surface area is 115 Å². The van der Waals surface area contributed by atoms with Crippen LogP contribution in [-0.2, 0) is 0 Å². The van der Waals surface area contributed by atoms with Crippen molar-refractivity contribution in [1.29, 1.82) is 0 Å². The zero-order valence-corrected chi connectivity index (χ0v) is 11.9. The highest BCUT2D eigenvalue weighted by Crippen LogP contribution is 2.28. The van der Waals surface area contributed by atoms with Crippen LogP contribution in [0.25, 0.3) is 21.8 Å². The second-order valence-corrected chi connectivity index (χ2v) is 6.84. The molecule has 0 bridgehead atoms. The summed E-state index contributed by atoms with van der Waals surface area (Å²) in [5.41, 5.74) is 2.73. The van der Waals surface area contributed by atoms with Gasteiger partial charge in [-0.3, -0.25) is 4.98 Å². The van der Waals surface area contributed by atoms with Gasteiger partial charge in [0.2, 0.25) is 0 Å². The molecule has 0 fully saturated rings. The van der Waals surface area contributed by atoms with Crippen LogP contribution in [-0.4, -0.2) is 9.97 Å². The lowest BCUT2D eigenvalue weighted by molar-refractivity contribution is 1.17. The number of hydrogen-bond donors (Lipinski definition) is 0. The number of halogens is 2. The molecular formula is C13H8Br2N2. The summed E-state index contributed by atoms with van der Waals surface area (Å²) in [7, 11) is 0. The molecule has 0 N–H and O–H groups in total. The molecule has 0 amide bonds. The molecule has 17 heavy (non-hydrogen) atoms. The number of hydrogen-bond acceptors (Lipinski definition) is 2. The maximum atomic E-state index is 4.57. The average Bonchev–Trinajstić information content (AvgIpc) is 2.35. The molecule has 0 unspecified atom stereocenters. The lowest BCUT2D eigenvalue weighted by Crippen LogP contribution is -1.91. The molecule has 0 saturated carbocycles. The molecule has 0 atom stereocenters. The van der Waals surface area contributed by atoms with Crippen LogP contribution in [0.3, 0.4) is 0 Å². The predicted octanol–water partition coefficient (Wildman–Crippen LogP) is 4.57. The molecule has 3 aromatic rings. The molecule has 0 aliphatic rings. The molecule has 0 radical (unpaired) electrons. The third-order valence-electron chi connectivity index (χ3n) is 2.65. The van der Waals surface area contributed by atoms with E-state index in [1.165, 1.54) is 10.8 Å². The van der Waals surface area contributed by atoms with Crippen LogP contribution < -0.4 is 0 Å². The van der Waals surface area contributed by atoms with Crippen molar-refractivity contribution < 1.29 is 0 Å². The minimum absolute atomic E-state index is 0.0402. The molecule has 3 rings (SSSR count). The Balaban J connectivity index is 2.32. The highest BCUT2D eigenvalue weighted by atomic mass is 79.9. The first-order chi connectivity index (χ1) is 8.24. The van der Waals surface area contributed by atoms with E-state index in [2.05, 4.69) is 66.1 Å².